The molecule has 0 fully saturated rings. The largest absolute Gasteiger partial charge is 0.399 e. The van der Waals surface area contributed by atoms with Crippen molar-refractivity contribution < 1.29 is 0 Å². The van der Waals surface area contributed by atoms with Gasteiger partial charge in [0.1, 0.15) is 0 Å². The van der Waals surface area contributed by atoms with E-state index < -0.39 is 0 Å². The molecule has 0 radical (unpaired) electrons. The van der Waals surface area contributed by atoms with Gasteiger partial charge in [-0.1, -0.05) is 31.2 Å². The van der Waals surface area contributed by atoms with E-state index in [1.807, 2.05) is 18.2 Å². The topological polar surface area (TPSA) is 38.0 Å². The first-order valence-electron chi connectivity index (χ1n) is 6.06. The molecule has 18 heavy (non-hydrogen) atoms. The van der Waals surface area contributed by atoms with Crippen molar-refractivity contribution in [1.29, 1.82) is 0 Å². The van der Waals surface area contributed by atoms with E-state index in [4.69, 9.17) is 5.73 Å². The Hall–Kier alpha value is -1.23. The van der Waals surface area contributed by atoms with Gasteiger partial charge in [-0.2, -0.15) is 0 Å². The Bertz CT molecular complexity index is 538. The molecule has 0 aliphatic carbocycles. The van der Waals surface area contributed by atoms with Gasteiger partial charge >= 0.3 is 0 Å². The normalized spacial score (nSPS) is 10.3. The molecule has 2 aromatic rings. The molecule has 0 heterocycles. The SMILES string of the molecule is CCc1ccccc1CNc1ccc(N)cc1I. The first-order valence-corrected chi connectivity index (χ1v) is 7.14. The second kappa shape index (κ2) is 6.09. The summed E-state index contributed by atoms with van der Waals surface area (Å²) < 4.78 is 1.15. The van der Waals surface area contributed by atoms with Gasteiger partial charge in [-0.15, -0.1) is 0 Å². The highest BCUT2D eigenvalue weighted by molar-refractivity contribution is 14.1. The summed E-state index contributed by atoms with van der Waals surface area (Å²) in [6.45, 7) is 3.04. The Morgan fingerprint density at radius 2 is 1.83 bits per heavy atom. The van der Waals surface area contributed by atoms with Crippen molar-refractivity contribution in [3.05, 3.63) is 57.2 Å². The zero-order valence-corrected chi connectivity index (χ0v) is 12.6. The second-order valence-electron chi connectivity index (χ2n) is 4.22. The van der Waals surface area contributed by atoms with Crippen molar-refractivity contribution in [2.45, 2.75) is 19.9 Å². The zero-order chi connectivity index (χ0) is 13.0. The van der Waals surface area contributed by atoms with E-state index in [0.29, 0.717) is 0 Å². The molecule has 0 spiro atoms. The van der Waals surface area contributed by atoms with Crippen LogP contribution in [-0.4, -0.2) is 0 Å². The van der Waals surface area contributed by atoms with Gasteiger partial charge in [-0.3, -0.25) is 0 Å². The summed E-state index contributed by atoms with van der Waals surface area (Å²) in [5, 5.41) is 3.47. The van der Waals surface area contributed by atoms with Crippen molar-refractivity contribution in [2.24, 2.45) is 0 Å². The molecule has 0 unspecified atom stereocenters. The molecule has 0 saturated heterocycles. The van der Waals surface area contributed by atoms with Crippen molar-refractivity contribution in [2.75, 3.05) is 11.1 Å². The molecule has 0 aliphatic heterocycles. The maximum atomic E-state index is 5.75. The van der Waals surface area contributed by atoms with E-state index in [2.05, 4.69) is 59.1 Å². The van der Waals surface area contributed by atoms with Crippen LogP contribution >= 0.6 is 22.6 Å². The summed E-state index contributed by atoms with van der Waals surface area (Å²) in [6, 6.07) is 14.5. The maximum absolute atomic E-state index is 5.75. The Labute approximate surface area is 122 Å². The van der Waals surface area contributed by atoms with E-state index in [1.54, 1.807) is 0 Å². The van der Waals surface area contributed by atoms with Gasteiger partial charge < -0.3 is 11.1 Å². The van der Waals surface area contributed by atoms with Crippen LogP contribution in [0.4, 0.5) is 11.4 Å². The molecule has 2 rings (SSSR count). The molecule has 0 bridgehead atoms. The first kappa shape index (κ1) is 13.2. The van der Waals surface area contributed by atoms with E-state index in [9.17, 15) is 0 Å². The van der Waals surface area contributed by atoms with Gasteiger partial charge in [0.25, 0.3) is 0 Å². The van der Waals surface area contributed by atoms with Gasteiger partial charge in [0.15, 0.2) is 0 Å². The fraction of sp³-hybridized carbons (Fsp3) is 0.200. The molecule has 0 aliphatic rings. The highest BCUT2D eigenvalue weighted by Gasteiger charge is 2.02. The number of hydrogen-bond donors (Lipinski definition) is 2. The molecule has 3 N–H and O–H groups in total. The molecule has 2 aromatic carbocycles. The lowest BCUT2D eigenvalue weighted by atomic mass is 10.1. The minimum atomic E-state index is 0.805. The minimum absolute atomic E-state index is 0.805. The van der Waals surface area contributed by atoms with Gasteiger partial charge in [-0.25, -0.2) is 0 Å². The molecular formula is C15H17IN2. The average molecular weight is 352 g/mol. The van der Waals surface area contributed by atoms with Gasteiger partial charge in [0, 0.05) is 21.5 Å². The lowest BCUT2D eigenvalue weighted by molar-refractivity contribution is 1.04. The third kappa shape index (κ3) is 3.16. The second-order valence-corrected chi connectivity index (χ2v) is 5.38. The number of nitrogens with one attached hydrogen (secondary N) is 1. The Morgan fingerprint density at radius 1 is 1.11 bits per heavy atom. The third-order valence-electron chi connectivity index (χ3n) is 2.96. The van der Waals surface area contributed by atoms with E-state index >= 15 is 0 Å². The van der Waals surface area contributed by atoms with Crippen molar-refractivity contribution in [1.82, 2.24) is 0 Å². The molecule has 0 saturated carbocycles. The Balaban J connectivity index is 2.11. The molecule has 2 nitrogen and oxygen atoms in total. The lowest BCUT2D eigenvalue weighted by Crippen LogP contribution is -2.04. The fourth-order valence-electron chi connectivity index (χ4n) is 1.94. The highest BCUT2D eigenvalue weighted by atomic mass is 127. The van der Waals surface area contributed by atoms with Crippen LogP contribution in [0, 0.1) is 3.57 Å². The molecule has 0 atom stereocenters. The van der Waals surface area contributed by atoms with Crippen LogP contribution in [0.15, 0.2) is 42.5 Å². The summed E-state index contributed by atoms with van der Waals surface area (Å²) >= 11 is 2.30. The summed E-state index contributed by atoms with van der Waals surface area (Å²) in [7, 11) is 0. The van der Waals surface area contributed by atoms with E-state index in [-0.39, 0.29) is 0 Å². The number of hydrogen-bond acceptors (Lipinski definition) is 2. The molecule has 3 heteroatoms. The Kier molecular flexibility index (Phi) is 4.47. The van der Waals surface area contributed by atoms with Crippen LogP contribution in [0.2, 0.25) is 0 Å². The maximum Gasteiger partial charge on any atom is 0.0480 e. The number of aryl methyl sites for hydroxylation is 1. The minimum Gasteiger partial charge on any atom is -0.399 e. The number of nitrogens with two attached hydrogens (primary N) is 1. The number of benzene rings is 2. The lowest BCUT2D eigenvalue weighted by Gasteiger charge is -2.12. The number of nitrogen functional groups attached to an aromatic ring is 1. The van der Waals surface area contributed by atoms with Gasteiger partial charge in [-0.05, 0) is 58.3 Å². The van der Waals surface area contributed by atoms with Crippen LogP contribution in [-0.2, 0) is 13.0 Å². The predicted molar refractivity (Wildman–Crippen MR) is 86.7 cm³/mol. The van der Waals surface area contributed by atoms with Crippen LogP contribution in [0.5, 0.6) is 0 Å². The Morgan fingerprint density at radius 3 is 2.50 bits per heavy atom. The zero-order valence-electron chi connectivity index (χ0n) is 10.4. The van der Waals surface area contributed by atoms with Crippen LogP contribution in [0.25, 0.3) is 0 Å². The third-order valence-corrected chi connectivity index (χ3v) is 3.85. The van der Waals surface area contributed by atoms with Gasteiger partial charge in [0.05, 0.1) is 0 Å². The standard InChI is InChI=1S/C15H17IN2/c1-2-11-5-3-4-6-12(11)10-18-15-8-7-13(17)9-14(15)16/h3-9,18H,2,10,17H2,1H3. The number of halogens is 1. The highest BCUT2D eigenvalue weighted by Crippen LogP contribution is 2.22. The molecular weight excluding hydrogens is 335 g/mol. The van der Waals surface area contributed by atoms with Gasteiger partial charge in [0.2, 0.25) is 0 Å². The van der Waals surface area contributed by atoms with Crippen molar-refractivity contribution in [3.8, 4) is 0 Å². The molecule has 94 valence electrons. The number of rotatable bonds is 4. The number of anilines is 2. The van der Waals surface area contributed by atoms with Crippen molar-refractivity contribution in [3.63, 3.8) is 0 Å². The van der Waals surface area contributed by atoms with E-state index in [0.717, 1.165) is 27.9 Å². The first-order chi connectivity index (χ1) is 8.70. The van der Waals surface area contributed by atoms with Crippen LogP contribution in [0.1, 0.15) is 18.1 Å². The summed E-state index contributed by atoms with van der Waals surface area (Å²) in [5.74, 6) is 0. The fourth-order valence-corrected chi connectivity index (χ4v) is 2.67. The quantitative estimate of drug-likeness (QED) is 0.644. The smallest absolute Gasteiger partial charge is 0.0480 e. The van der Waals surface area contributed by atoms with Crippen LogP contribution < -0.4 is 11.1 Å². The monoisotopic (exact) mass is 352 g/mol. The van der Waals surface area contributed by atoms with E-state index in [1.165, 1.54) is 11.1 Å². The van der Waals surface area contributed by atoms with Crippen LogP contribution in [0.3, 0.4) is 0 Å². The average Bonchev–Trinajstić information content (AvgIpc) is 2.38. The van der Waals surface area contributed by atoms with Crippen molar-refractivity contribution >= 4 is 34.0 Å². The summed E-state index contributed by atoms with van der Waals surface area (Å²) in [4.78, 5) is 0. The summed E-state index contributed by atoms with van der Waals surface area (Å²) in [5.41, 5.74) is 10.4. The molecule has 0 aromatic heterocycles. The predicted octanol–water partition coefficient (Wildman–Crippen LogP) is 4.05. The molecule has 0 amide bonds. The summed E-state index contributed by atoms with van der Waals surface area (Å²) in [6.07, 6.45) is 1.07.